The van der Waals surface area contributed by atoms with Gasteiger partial charge in [0.05, 0.1) is 24.5 Å². The van der Waals surface area contributed by atoms with Gasteiger partial charge in [-0.1, -0.05) is 6.07 Å². The number of rotatable bonds is 5. The van der Waals surface area contributed by atoms with E-state index in [1.807, 2.05) is 6.07 Å². The Labute approximate surface area is 121 Å². The number of esters is 1. The maximum absolute atomic E-state index is 12.0. The summed E-state index contributed by atoms with van der Waals surface area (Å²) in [7, 11) is 0. The van der Waals surface area contributed by atoms with Crippen LogP contribution in [-0.4, -0.2) is 30.0 Å². The summed E-state index contributed by atoms with van der Waals surface area (Å²) in [6.45, 7) is 2.04. The van der Waals surface area contributed by atoms with Crippen molar-refractivity contribution in [2.75, 3.05) is 17.7 Å². The third kappa shape index (κ3) is 3.60. The first kappa shape index (κ1) is 14.6. The smallest absolute Gasteiger partial charge is 0.306 e. The van der Waals surface area contributed by atoms with Crippen molar-refractivity contribution >= 4 is 35.1 Å². The van der Waals surface area contributed by atoms with Crippen molar-refractivity contribution in [2.24, 2.45) is 0 Å². The number of benzene rings is 1. The summed E-state index contributed by atoms with van der Waals surface area (Å²) in [6, 6.07) is 5.20. The lowest BCUT2D eigenvalue weighted by Gasteiger charge is -2.16. The second-order valence-electron chi connectivity index (χ2n) is 4.28. The van der Waals surface area contributed by atoms with Crippen LogP contribution in [0.4, 0.5) is 5.69 Å². The number of fused-ring (bicyclic) bond motifs is 1. The summed E-state index contributed by atoms with van der Waals surface area (Å²) in [5.74, 6) is -0.185. The highest BCUT2D eigenvalue weighted by Crippen LogP contribution is 2.32. The van der Waals surface area contributed by atoms with Crippen LogP contribution in [0.3, 0.4) is 0 Å². The van der Waals surface area contributed by atoms with Gasteiger partial charge in [0.2, 0.25) is 5.91 Å². The number of hydrogen-bond acceptors (Lipinski definition) is 5. The van der Waals surface area contributed by atoms with Gasteiger partial charge >= 0.3 is 5.97 Å². The molecule has 5 nitrogen and oxygen atoms in total. The molecule has 106 valence electrons. The van der Waals surface area contributed by atoms with Crippen molar-refractivity contribution in [2.45, 2.75) is 24.7 Å². The number of Topliss-reactive ketones (excluding diaryl/α,β-unsaturated/α-hetero) is 1. The second-order valence-corrected chi connectivity index (χ2v) is 5.29. The Morgan fingerprint density at radius 3 is 2.90 bits per heavy atom. The van der Waals surface area contributed by atoms with Crippen LogP contribution in [-0.2, 0) is 14.3 Å². The van der Waals surface area contributed by atoms with Gasteiger partial charge < -0.3 is 10.1 Å². The molecular weight excluding hydrogens is 278 g/mol. The van der Waals surface area contributed by atoms with Crippen molar-refractivity contribution in [1.29, 1.82) is 0 Å². The third-order valence-electron chi connectivity index (χ3n) is 2.80. The Balaban J connectivity index is 2.02. The quantitative estimate of drug-likeness (QED) is 0.666. The number of thioether (sulfide) groups is 1. The summed E-state index contributed by atoms with van der Waals surface area (Å²) in [5.41, 5.74) is 1.16. The molecule has 1 aliphatic rings. The average Bonchev–Trinajstić information content (AvgIpc) is 2.44. The number of carbonyl (C=O) groups is 3. The van der Waals surface area contributed by atoms with Crippen LogP contribution in [0, 0.1) is 0 Å². The van der Waals surface area contributed by atoms with Crippen LogP contribution in [0.1, 0.15) is 30.1 Å². The summed E-state index contributed by atoms with van der Waals surface area (Å²) in [4.78, 5) is 35.5. The molecule has 0 saturated heterocycles. The van der Waals surface area contributed by atoms with Crippen molar-refractivity contribution in [3.63, 3.8) is 0 Å². The predicted octanol–water partition coefficient (Wildman–Crippen LogP) is 2.26. The van der Waals surface area contributed by atoms with Gasteiger partial charge in [-0.05, 0) is 19.1 Å². The van der Waals surface area contributed by atoms with Crippen molar-refractivity contribution in [1.82, 2.24) is 0 Å². The molecule has 0 aromatic heterocycles. The minimum atomic E-state index is -0.373. The lowest BCUT2D eigenvalue weighted by atomic mass is 10.1. The molecule has 0 atom stereocenters. The molecule has 0 bridgehead atoms. The fourth-order valence-electron chi connectivity index (χ4n) is 1.85. The number of anilines is 1. The molecule has 1 aromatic carbocycles. The lowest BCUT2D eigenvalue weighted by molar-refractivity contribution is -0.143. The molecule has 1 aromatic rings. The highest BCUT2D eigenvalue weighted by atomic mass is 32.2. The maximum atomic E-state index is 12.0. The lowest BCUT2D eigenvalue weighted by Crippen LogP contribution is -2.19. The Kier molecular flexibility index (Phi) is 4.79. The van der Waals surface area contributed by atoms with E-state index in [0.717, 1.165) is 4.90 Å². The second kappa shape index (κ2) is 6.56. The molecule has 0 spiro atoms. The van der Waals surface area contributed by atoms with Gasteiger partial charge in [0.15, 0.2) is 5.78 Å². The zero-order valence-corrected chi connectivity index (χ0v) is 11.9. The highest BCUT2D eigenvalue weighted by molar-refractivity contribution is 8.00. The molecule has 1 N–H and O–H groups in total. The van der Waals surface area contributed by atoms with Crippen molar-refractivity contribution in [3.05, 3.63) is 23.8 Å². The zero-order valence-electron chi connectivity index (χ0n) is 11.1. The average molecular weight is 293 g/mol. The van der Waals surface area contributed by atoms with E-state index in [0.29, 0.717) is 23.6 Å². The molecule has 0 aliphatic carbocycles. The van der Waals surface area contributed by atoms with Crippen LogP contribution in [0.5, 0.6) is 0 Å². The van der Waals surface area contributed by atoms with E-state index in [9.17, 15) is 14.4 Å². The molecule has 0 saturated carbocycles. The van der Waals surface area contributed by atoms with Gasteiger partial charge in [0.25, 0.3) is 0 Å². The van der Waals surface area contributed by atoms with Crippen LogP contribution in [0.25, 0.3) is 0 Å². The molecule has 2 rings (SSSR count). The summed E-state index contributed by atoms with van der Waals surface area (Å²) in [5, 5.41) is 2.74. The zero-order chi connectivity index (χ0) is 14.5. The monoisotopic (exact) mass is 293 g/mol. The molecule has 0 fully saturated rings. The first-order valence-corrected chi connectivity index (χ1v) is 7.34. The molecule has 1 amide bonds. The van der Waals surface area contributed by atoms with Crippen LogP contribution in [0.2, 0.25) is 0 Å². The van der Waals surface area contributed by atoms with Crippen molar-refractivity contribution < 1.29 is 19.1 Å². The number of ether oxygens (including phenoxy) is 1. The standard InChI is InChI=1S/C14H15NO4S/c1-2-19-14(18)6-4-11(16)9-3-5-12-10(7-9)15-13(17)8-20-12/h3,5,7H,2,4,6,8H2,1H3,(H,15,17). The van der Waals surface area contributed by atoms with E-state index in [2.05, 4.69) is 5.32 Å². The van der Waals surface area contributed by atoms with Gasteiger partial charge in [-0.25, -0.2) is 0 Å². The Morgan fingerprint density at radius 1 is 1.35 bits per heavy atom. The number of hydrogen-bond donors (Lipinski definition) is 1. The summed E-state index contributed by atoms with van der Waals surface area (Å²) < 4.78 is 4.78. The Hall–Kier alpha value is -1.82. The Morgan fingerprint density at radius 2 is 2.15 bits per heavy atom. The minimum absolute atomic E-state index is 0.0707. The minimum Gasteiger partial charge on any atom is -0.466 e. The molecule has 0 radical (unpaired) electrons. The van der Waals surface area contributed by atoms with E-state index in [1.165, 1.54) is 11.8 Å². The maximum Gasteiger partial charge on any atom is 0.306 e. The number of ketones is 1. The van der Waals surface area contributed by atoms with Crippen LogP contribution >= 0.6 is 11.8 Å². The third-order valence-corrected chi connectivity index (χ3v) is 3.87. The number of amides is 1. The topological polar surface area (TPSA) is 72.5 Å². The first-order chi connectivity index (χ1) is 9.60. The van der Waals surface area contributed by atoms with Gasteiger partial charge in [0, 0.05) is 16.9 Å². The number of carbonyl (C=O) groups excluding carboxylic acids is 3. The largest absolute Gasteiger partial charge is 0.466 e. The highest BCUT2D eigenvalue weighted by Gasteiger charge is 2.17. The van der Waals surface area contributed by atoms with Crippen molar-refractivity contribution in [3.8, 4) is 0 Å². The van der Waals surface area contributed by atoms with Gasteiger partial charge in [-0.3, -0.25) is 14.4 Å². The fraction of sp³-hybridized carbons (Fsp3) is 0.357. The van der Waals surface area contributed by atoms with Gasteiger partial charge in [-0.15, -0.1) is 11.8 Å². The SMILES string of the molecule is CCOC(=O)CCC(=O)c1ccc2c(c1)NC(=O)CS2. The van der Waals surface area contributed by atoms with E-state index < -0.39 is 0 Å². The Bertz CT molecular complexity index is 556. The molecule has 6 heteroatoms. The molecule has 1 heterocycles. The summed E-state index contributed by atoms with van der Waals surface area (Å²) >= 11 is 1.44. The predicted molar refractivity (Wildman–Crippen MR) is 76.0 cm³/mol. The summed E-state index contributed by atoms with van der Waals surface area (Å²) in [6.07, 6.45) is 0.184. The van der Waals surface area contributed by atoms with Gasteiger partial charge in [0.1, 0.15) is 0 Å². The normalized spacial score (nSPS) is 13.3. The van der Waals surface area contributed by atoms with E-state index in [1.54, 1.807) is 19.1 Å². The van der Waals surface area contributed by atoms with Gasteiger partial charge in [-0.2, -0.15) is 0 Å². The van der Waals surface area contributed by atoms with Crippen LogP contribution < -0.4 is 5.32 Å². The first-order valence-electron chi connectivity index (χ1n) is 6.35. The molecule has 20 heavy (non-hydrogen) atoms. The molecule has 1 aliphatic heterocycles. The van der Waals surface area contributed by atoms with E-state index in [4.69, 9.17) is 4.74 Å². The fourth-order valence-corrected chi connectivity index (χ4v) is 2.64. The number of nitrogens with one attached hydrogen (secondary N) is 1. The molecule has 0 unspecified atom stereocenters. The van der Waals surface area contributed by atoms with E-state index >= 15 is 0 Å². The van der Waals surface area contributed by atoms with Crippen LogP contribution in [0.15, 0.2) is 23.1 Å². The van der Waals surface area contributed by atoms with E-state index in [-0.39, 0.29) is 30.5 Å². The molecular formula is C14H15NO4S.